The van der Waals surface area contributed by atoms with E-state index < -0.39 is 0 Å². The monoisotopic (exact) mass is 351 g/mol. The highest BCUT2D eigenvalue weighted by atomic mass is 19.1. The molecule has 0 saturated carbocycles. The molecule has 0 aliphatic carbocycles. The fourth-order valence-electron chi connectivity index (χ4n) is 3.75. The number of nitrogens with zero attached hydrogens (tertiary/aromatic N) is 3. The first kappa shape index (κ1) is 16.8. The molecular weight excluding hydrogens is 329 g/mol. The molecule has 4 nitrogen and oxygen atoms in total. The van der Waals surface area contributed by atoms with Crippen LogP contribution in [-0.4, -0.2) is 33.3 Å². The number of hydrogen-bond acceptors (Lipinski definition) is 2. The lowest BCUT2D eigenvalue weighted by Gasteiger charge is -2.21. The number of amides is 1. The molecule has 26 heavy (non-hydrogen) atoms. The average Bonchev–Trinajstić information content (AvgIpc) is 3.29. The highest BCUT2D eigenvalue weighted by molar-refractivity contribution is 5.78. The van der Waals surface area contributed by atoms with E-state index in [4.69, 9.17) is 0 Å². The number of carbonyl (C=O) groups is 1. The van der Waals surface area contributed by atoms with Crippen LogP contribution in [0.15, 0.2) is 48.8 Å². The van der Waals surface area contributed by atoms with Gasteiger partial charge in [-0.1, -0.05) is 12.1 Å². The molecule has 1 amide bonds. The Labute approximate surface area is 152 Å². The smallest absolute Gasteiger partial charge is 0.223 e. The first-order chi connectivity index (χ1) is 12.6. The minimum Gasteiger partial charge on any atom is -0.343 e. The lowest BCUT2D eigenvalue weighted by Crippen LogP contribution is -2.29. The van der Waals surface area contributed by atoms with Crippen LogP contribution in [0.25, 0.3) is 5.65 Å². The third kappa shape index (κ3) is 3.21. The lowest BCUT2D eigenvalue weighted by atomic mass is 9.92. The molecule has 1 aliphatic heterocycles. The molecule has 3 heterocycles. The van der Waals surface area contributed by atoms with Gasteiger partial charge in [0.25, 0.3) is 0 Å². The molecule has 0 radical (unpaired) electrons. The van der Waals surface area contributed by atoms with Crippen LogP contribution >= 0.6 is 0 Å². The SMILES string of the molecule is Cc1ccn2c(C(CC(=O)N3CCCC3)c3cccc(F)c3)cnc2c1. The third-order valence-corrected chi connectivity index (χ3v) is 5.14. The van der Waals surface area contributed by atoms with Crippen molar-refractivity contribution in [1.82, 2.24) is 14.3 Å². The van der Waals surface area contributed by atoms with Crippen LogP contribution in [-0.2, 0) is 4.79 Å². The van der Waals surface area contributed by atoms with E-state index in [1.54, 1.807) is 6.07 Å². The summed E-state index contributed by atoms with van der Waals surface area (Å²) >= 11 is 0. The fraction of sp³-hybridized carbons (Fsp3) is 0.333. The van der Waals surface area contributed by atoms with Crippen molar-refractivity contribution < 1.29 is 9.18 Å². The van der Waals surface area contributed by atoms with E-state index in [-0.39, 0.29) is 17.6 Å². The Morgan fingerprint density at radius 3 is 2.81 bits per heavy atom. The van der Waals surface area contributed by atoms with Gasteiger partial charge in [0.15, 0.2) is 0 Å². The number of pyridine rings is 1. The molecule has 5 heteroatoms. The number of aromatic nitrogens is 2. The number of hydrogen-bond donors (Lipinski definition) is 0. The summed E-state index contributed by atoms with van der Waals surface area (Å²) in [5.74, 6) is -0.388. The maximum Gasteiger partial charge on any atom is 0.223 e. The van der Waals surface area contributed by atoms with Crippen LogP contribution in [0.1, 0.15) is 42.0 Å². The zero-order chi connectivity index (χ0) is 18.1. The predicted octanol–water partition coefficient (Wildman–Crippen LogP) is 3.93. The second kappa shape index (κ2) is 6.90. The molecule has 3 aromatic rings. The summed E-state index contributed by atoms with van der Waals surface area (Å²) in [6, 6.07) is 10.6. The molecule has 1 fully saturated rings. The number of imidazole rings is 1. The lowest BCUT2D eigenvalue weighted by molar-refractivity contribution is -0.130. The first-order valence-corrected chi connectivity index (χ1v) is 9.08. The van der Waals surface area contributed by atoms with Gasteiger partial charge in [0.2, 0.25) is 5.91 Å². The summed E-state index contributed by atoms with van der Waals surface area (Å²) in [5.41, 5.74) is 3.69. The van der Waals surface area contributed by atoms with Gasteiger partial charge in [0.1, 0.15) is 11.5 Å². The van der Waals surface area contributed by atoms with E-state index in [1.165, 1.54) is 12.1 Å². The van der Waals surface area contributed by atoms with Crippen molar-refractivity contribution in [2.24, 2.45) is 0 Å². The Hall–Kier alpha value is -2.69. The quantitative estimate of drug-likeness (QED) is 0.714. The van der Waals surface area contributed by atoms with Gasteiger partial charge in [0.05, 0.1) is 5.69 Å². The van der Waals surface area contributed by atoms with Crippen molar-refractivity contribution in [3.05, 3.63) is 71.4 Å². The molecule has 1 unspecified atom stereocenters. The van der Waals surface area contributed by atoms with E-state index in [1.807, 2.05) is 46.8 Å². The van der Waals surface area contributed by atoms with Crippen molar-refractivity contribution in [2.75, 3.05) is 13.1 Å². The summed E-state index contributed by atoms with van der Waals surface area (Å²) in [6.07, 6.45) is 6.23. The Bertz CT molecular complexity index is 943. The highest BCUT2D eigenvalue weighted by Crippen LogP contribution is 2.30. The van der Waals surface area contributed by atoms with Crippen molar-refractivity contribution in [3.63, 3.8) is 0 Å². The van der Waals surface area contributed by atoms with Crippen LogP contribution < -0.4 is 0 Å². The maximum absolute atomic E-state index is 13.9. The van der Waals surface area contributed by atoms with Crippen molar-refractivity contribution in [3.8, 4) is 0 Å². The number of benzene rings is 1. The number of carbonyl (C=O) groups excluding carboxylic acids is 1. The van der Waals surface area contributed by atoms with Gasteiger partial charge in [-0.15, -0.1) is 0 Å². The molecule has 0 N–H and O–H groups in total. The molecule has 134 valence electrons. The van der Waals surface area contributed by atoms with E-state index in [0.717, 1.165) is 48.4 Å². The van der Waals surface area contributed by atoms with E-state index in [2.05, 4.69) is 4.98 Å². The van der Waals surface area contributed by atoms with Crippen molar-refractivity contribution in [2.45, 2.75) is 32.1 Å². The van der Waals surface area contributed by atoms with Gasteiger partial charge in [-0.3, -0.25) is 4.79 Å². The first-order valence-electron chi connectivity index (χ1n) is 9.08. The van der Waals surface area contributed by atoms with Crippen molar-refractivity contribution >= 4 is 11.6 Å². The summed E-state index contributed by atoms with van der Waals surface area (Å²) < 4.78 is 15.9. The Balaban J connectivity index is 1.75. The molecule has 1 aromatic carbocycles. The third-order valence-electron chi connectivity index (χ3n) is 5.14. The number of aryl methyl sites for hydroxylation is 1. The van der Waals surface area contributed by atoms with E-state index in [0.29, 0.717) is 6.42 Å². The van der Waals surface area contributed by atoms with Gasteiger partial charge in [-0.2, -0.15) is 0 Å². The molecule has 4 rings (SSSR count). The normalized spacial score (nSPS) is 15.5. The molecule has 0 bridgehead atoms. The molecule has 1 aliphatic rings. The molecular formula is C21H22FN3O. The standard InChI is InChI=1S/C21H22FN3O/c1-15-7-10-25-19(14-23-20(25)11-15)18(16-5-4-6-17(22)12-16)13-21(26)24-8-2-3-9-24/h4-7,10-12,14,18H,2-3,8-9,13H2,1H3. The number of halogens is 1. The zero-order valence-electron chi connectivity index (χ0n) is 14.9. The summed E-state index contributed by atoms with van der Waals surface area (Å²) in [4.78, 5) is 19.2. The van der Waals surface area contributed by atoms with Gasteiger partial charge in [0, 0.05) is 37.8 Å². The largest absolute Gasteiger partial charge is 0.343 e. The topological polar surface area (TPSA) is 37.6 Å². The predicted molar refractivity (Wildman–Crippen MR) is 98.6 cm³/mol. The summed E-state index contributed by atoms with van der Waals surface area (Å²) in [5, 5.41) is 0. The van der Waals surface area contributed by atoms with Gasteiger partial charge in [-0.05, 0) is 55.2 Å². The Kier molecular flexibility index (Phi) is 4.45. The van der Waals surface area contributed by atoms with Crippen LogP contribution in [0.5, 0.6) is 0 Å². The Morgan fingerprint density at radius 1 is 1.23 bits per heavy atom. The zero-order valence-corrected chi connectivity index (χ0v) is 14.9. The van der Waals surface area contributed by atoms with E-state index in [9.17, 15) is 9.18 Å². The minimum absolute atomic E-state index is 0.124. The Morgan fingerprint density at radius 2 is 2.04 bits per heavy atom. The van der Waals surface area contributed by atoms with E-state index >= 15 is 0 Å². The van der Waals surface area contributed by atoms with Crippen LogP contribution in [0.4, 0.5) is 4.39 Å². The molecule has 0 spiro atoms. The fourth-order valence-corrected chi connectivity index (χ4v) is 3.75. The van der Waals surface area contributed by atoms with Crippen LogP contribution in [0.3, 0.4) is 0 Å². The number of likely N-dealkylation sites (tertiary alicyclic amines) is 1. The molecule has 1 atom stereocenters. The molecule has 1 saturated heterocycles. The van der Waals surface area contributed by atoms with Gasteiger partial charge in [-0.25, -0.2) is 9.37 Å². The van der Waals surface area contributed by atoms with Crippen LogP contribution in [0, 0.1) is 12.7 Å². The minimum atomic E-state index is -0.286. The second-order valence-electron chi connectivity index (χ2n) is 7.01. The molecule has 2 aromatic heterocycles. The average molecular weight is 351 g/mol. The number of fused-ring (bicyclic) bond motifs is 1. The number of rotatable bonds is 4. The summed E-state index contributed by atoms with van der Waals surface area (Å²) in [6.45, 7) is 3.66. The van der Waals surface area contributed by atoms with Gasteiger partial charge < -0.3 is 9.30 Å². The van der Waals surface area contributed by atoms with Crippen molar-refractivity contribution in [1.29, 1.82) is 0 Å². The maximum atomic E-state index is 13.9. The summed E-state index contributed by atoms with van der Waals surface area (Å²) in [7, 11) is 0. The van der Waals surface area contributed by atoms with Crippen LogP contribution in [0.2, 0.25) is 0 Å². The highest BCUT2D eigenvalue weighted by Gasteiger charge is 2.26. The second-order valence-corrected chi connectivity index (χ2v) is 7.01. The van der Waals surface area contributed by atoms with Gasteiger partial charge >= 0.3 is 0 Å².